The van der Waals surface area contributed by atoms with Crippen LogP contribution in [0.4, 0.5) is 8.78 Å². The molecule has 1 fully saturated rings. The standard InChI is InChI=1S/C13H17ClF2N2O/c1-9-7-18(5-4-17-9)8-10-6-11(14)2-3-12(10)19-13(15)16/h2-3,6,9,13,17H,4-5,7-8H2,1H3/t9-/m1/s1. The molecule has 1 saturated heterocycles. The van der Waals surface area contributed by atoms with Gasteiger partial charge in [-0.1, -0.05) is 11.6 Å². The molecule has 1 aliphatic rings. The Hall–Kier alpha value is -0.910. The molecule has 3 nitrogen and oxygen atoms in total. The van der Waals surface area contributed by atoms with E-state index in [-0.39, 0.29) is 5.75 Å². The smallest absolute Gasteiger partial charge is 0.387 e. The van der Waals surface area contributed by atoms with Gasteiger partial charge in [0, 0.05) is 42.8 Å². The minimum Gasteiger partial charge on any atom is -0.434 e. The molecule has 0 saturated carbocycles. The van der Waals surface area contributed by atoms with Gasteiger partial charge in [-0.3, -0.25) is 4.90 Å². The number of rotatable bonds is 4. The van der Waals surface area contributed by atoms with Crippen molar-refractivity contribution >= 4 is 11.6 Å². The van der Waals surface area contributed by atoms with E-state index in [1.165, 1.54) is 6.07 Å². The minimum atomic E-state index is -2.82. The zero-order chi connectivity index (χ0) is 13.8. The van der Waals surface area contributed by atoms with E-state index in [0.29, 0.717) is 23.2 Å². The van der Waals surface area contributed by atoms with Crippen LogP contribution in [0.3, 0.4) is 0 Å². The van der Waals surface area contributed by atoms with Crippen molar-refractivity contribution in [2.75, 3.05) is 19.6 Å². The highest BCUT2D eigenvalue weighted by atomic mass is 35.5. The molecule has 1 aliphatic heterocycles. The normalized spacial score (nSPS) is 20.8. The van der Waals surface area contributed by atoms with Gasteiger partial charge in [0.05, 0.1) is 0 Å². The summed E-state index contributed by atoms with van der Waals surface area (Å²) in [6.45, 7) is 2.50. The molecule has 1 atom stereocenters. The van der Waals surface area contributed by atoms with Crippen LogP contribution in [0, 0.1) is 0 Å². The first-order valence-corrected chi connectivity index (χ1v) is 6.61. The summed E-state index contributed by atoms with van der Waals surface area (Å²) < 4.78 is 29.3. The maximum Gasteiger partial charge on any atom is 0.387 e. The number of piperazine rings is 1. The van der Waals surface area contributed by atoms with Crippen molar-refractivity contribution in [1.29, 1.82) is 0 Å². The summed E-state index contributed by atoms with van der Waals surface area (Å²) in [5, 5.41) is 3.86. The van der Waals surface area contributed by atoms with Gasteiger partial charge >= 0.3 is 6.61 Å². The molecule has 0 aromatic heterocycles. The monoisotopic (exact) mass is 290 g/mol. The van der Waals surface area contributed by atoms with Crippen molar-refractivity contribution in [3.63, 3.8) is 0 Å². The number of ether oxygens (including phenoxy) is 1. The summed E-state index contributed by atoms with van der Waals surface area (Å²) in [5.74, 6) is 0.200. The molecule has 1 aromatic rings. The van der Waals surface area contributed by atoms with Gasteiger partial charge in [0.1, 0.15) is 5.75 Å². The van der Waals surface area contributed by atoms with Crippen LogP contribution in [0.1, 0.15) is 12.5 Å². The van der Waals surface area contributed by atoms with E-state index in [9.17, 15) is 8.78 Å². The molecule has 0 amide bonds. The Labute approximate surface area is 116 Å². The predicted molar refractivity (Wildman–Crippen MR) is 70.8 cm³/mol. The van der Waals surface area contributed by atoms with Gasteiger partial charge in [-0.25, -0.2) is 0 Å². The van der Waals surface area contributed by atoms with Crippen LogP contribution < -0.4 is 10.1 Å². The number of nitrogens with one attached hydrogen (secondary N) is 1. The lowest BCUT2D eigenvalue weighted by Crippen LogP contribution is -2.48. The fourth-order valence-corrected chi connectivity index (χ4v) is 2.47. The van der Waals surface area contributed by atoms with Crippen molar-refractivity contribution in [2.45, 2.75) is 26.1 Å². The number of nitrogens with zero attached hydrogens (tertiary/aromatic N) is 1. The van der Waals surface area contributed by atoms with E-state index in [0.717, 1.165) is 19.6 Å². The number of hydrogen-bond donors (Lipinski definition) is 1. The topological polar surface area (TPSA) is 24.5 Å². The number of benzene rings is 1. The van der Waals surface area contributed by atoms with Crippen molar-refractivity contribution in [3.05, 3.63) is 28.8 Å². The van der Waals surface area contributed by atoms with Gasteiger partial charge in [0.25, 0.3) is 0 Å². The molecule has 0 bridgehead atoms. The highest BCUT2D eigenvalue weighted by Crippen LogP contribution is 2.26. The molecular weight excluding hydrogens is 274 g/mol. The molecule has 0 unspecified atom stereocenters. The van der Waals surface area contributed by atoms with E-state index < -0.39 is 6.61 Å². The summed E-state index contributed by atoms with van der Waals surface area (Å²) in [6.07, 6.45) is 0. The molecule has 2 rings (SSSR count). The molecular formula is C13H17ClF2N2O. The van der Waals surface area contributed by atoms with Crippen LogP contribution in [-0.2, 0) is 6.54 Å². The molecule has 0 aliphatic carbocycles. The maximum absolute atomic E-state index is 12.4. The fraction of sp³-hybridized carbons (Fsp3) is 0.538. The van der Waals surface area contributed by atoms with Crippen LogP contribution >= 0.6 is 11.6 Å². The van der Waals surface area contributed by atoms with Crippen LogP contribution in [-0.4, -0.2) is 37.2 Å². The van der Waals surface area contributed by atoms with Gasteiger partial charge < -0.3 is 10.1 Å². The molecule has 1 aromatic carbocycles. The highest BCUT2D eigenvalue weighted by Gasteiger charge is 2.18. The predicted octanol–water partition coefficient (Wildman–Crippen LogP) is 2.74. The van der Waals surface area contributed by atoms with E-state index in [1.54, 1.807) is 12.1 Å². The SMILES string of the molecule is C[C@@H]1CN(Cc2cc(Cl)ccc2OC(F)F)CCN1. The lowest BCUT2D eigenvalue weighted by molar-refractivity contribution is -0.0508. The average Bonchev–Trinajstić information content (AvgIpc) is 2.32. The van der Waals surface area contributed by atoms with Crippen LogP contribution in [0.2, 0.25) is 5.02 Å². The Balaban J connectivity index is 2.10. The molecule has 0 spiro atoms. The summed E-state index contributed by atoms with van der Waals surface area (Å²) in [6, 6.07) is 5.14. The third kappa shape index (κ3) is 4.30. The van der Waals surface area contributed by atoms with Crippen molar-refractivity contribution in [2.24, 2.45) is 0 Å². The van der Waals surface area contributed by atoms with Crippen LogP contribution in [0.25, 0.3) is 0 Å². The molecule has 6 heteroatoms. The second-order valence-electron chi connectivity index (χ2n) is 4.72. The largest absolute Gasteiger partial charge is 0.434 e. The first-order chi connectivity index (χ1) is 9.04. The number of halogens is 3. The fourth-order valence-electron chi connectivity index (χ4n) is 2.28. The van der Waals surface area contributed by atoms with E-state index in [1.807, 2.05) is 0 Å². The van der Waals surface area contributed by atoms with E-state index in [2.05, 4.69) is 21.9 Å². The minimum absolute atomic E-state index is 0.200. The Morgan fingerprint density at radius 1 is 1.53 bits per heavy atom. The average molecular weight is 291 g/mol. The summed E-state index contributed by atoms with van der Waals surface area (Å²) in [5.41, 5.74) is 0.696. The van der Waals surface area contributed by atoms with E-state index >= 15 is 0 Å². The molecule has 1 heterocycles. The first-order valence-electron chi connectivity index (χ1n) is 6.23. The summed E-state index contributed by atoms with van der Waals surface area (Å²) in [4.78, 5) is 2.20. The maximum atomic E-state index is 12.4. The lowest BCUT2D eigenvalue weighted by Gasteiger charge is -2.32. The lowest BCUT2D eigenvalue weighted by atomic mass is 10.1. The highest BCUT2D eigenvalue weighted by molar-refractivity contribution is 6.30. The van der Waals surface area contributed by atoms with Gasteiger partial charge in [0.2, 0.25) is 0 Å². The first kappa shape index (κ1) is 14.5. The van der Waals surface area contributed by atoms with Crippen molar-refractivity contribution in [1.82, 2.24) is 10.2 Å². The van der Waals surface area contributed by atoms with Crippen molar-refractivity contribution < 1.29 is 13.5 Å². The quantitative estimate of drug-likeness (QED) is 0.923. The van der Waals surface area contributed by atoms with Crippen molar-refractivity contribution in [3.8, 4) is 5.75 Å². The molecule has 1 N–H and O–H groups in total. The Morgan fingerprint density at radius 3 is 3.00 bits per heavy atom. The van der Waals surface area contributed by atoms with Gasteiger partial charge in [-0.15, -0.1) is 0 Å². The second-order valence-corrected chi connectivity index (χ2v) is 5.16. The van der Waals surface area contributed by atoms with E-state index in [4.69, 9.17) is 11.6 Å². The number of alkyl halides is 2. The van der Waals surface area contributed by atoms with Gasteiger partial charge in [-0.05, 0) is 25.1 Å². The molecule has 106 valence electrons. The third-order valence-electron chi connectivity index (χ3n) is 3.09. The van der Waals surface area contributed by atoms with Crippen LogP contribution in [0.15, 0.2) is 18.2 Å². The number of hydrogen-bond acceptors (Lipinski definition) is 3. The molecule has 0 radical (unpaired) electrons. The van der Waals surface area contributed by atoms with Crippen LogP contribution in [0.5, 0.6) is 5.75 Å². The Bertz CT molecular complexity index is 431. The zero-order valence-electron chi connectivity index (χ0n) is 10.7. The third-order valence-corrected chi connectivity index (χ3v) is 3.32. The Kier molecular flexibility index (Phi) is 4.96. The summed E-state index contributed by atoms with van der Waals surface area (Å²) in [7, 11) is 0. The second kappa shape index (κ2) is 6.50. The van der Waals surface area contributed by atoms with Gasteiger partial charge in [0.15, 0.2) is 0 Å². The zero-order valence-corrected chi connectivity index (χ0v) is 11.5. The summed E-state index contributed by atoms with van der Waals surface area (Å²) >= 11 is 5.93. The van der Waals surface area contributed by atoms with Gasteiger partial charge in [-0.2, -0.15) is 8.78 Å². The molecule has 19 heavy (non-hydrogen) atoms. The Morgan fingerprint density at radius 2 is 2.32 bits per heavy atom.